The number of hydrogen-bond acceptors (Lipinski definition) is 4. The van der Waals surface area contributed by atoms with Gasteiger partial charge in [-0.1, -0.05) is 18.9 Å². The van der Waals surface area contributed by atoms with Crippen LogP contribution in [0, 0.1) is 0 Å². The van der Waals surface area contributed by atoms with Crippen molar-refractivity contribution in [2.24, 2.45) is 0 Å². The number of nitrogens with two attached hydrogens (primary N) is 1. The summed E-state index contributed by atoms with van der Waals surface area (Å²) in [6, 6.07) is 5.33. The lowest BCUT2D eigenvalue weighted by Gasteiger charge is -2.19. The zero-order valence-corrected chi connectivity index (χ0v) is 12.0. The number of rotatable bonds is 2. The van der Waals surface area contributed by atoms with Crippen molar-refractivity contribution in [3.8, 4) is 0 Å². The Bertz CT molecular complexity index is 715. The fourth-order valence-electron chi connectivity index (χ4n) is 2.65. The topological polar surface area (TPSA) is 80.7 Å². The van der Waals surface area contributed by atoms with Crippen LogP contribution in [-0.2, 0) is 10.0 Å². The molecule has 0 aromatic carbocycles. The van der Waals surface area contributed by atoms with Gasteiger partial charge in [-0.2, -0.15) is 4.31 Å². The molecule has 0 bridgehead atoms. The summed E-state index contributed by atoms with van der Waals surface area (Å²) in [7, 11) is -3.59. The first kappa shape index (κ1) is 13.4. The normalized spacial score (nSPS) is 18.2. The third kappa shape index (κ3) is 2.16. The Morgan fingerprint density at radius 3 is 2.50 bits per heavy atom. The molecule has 0 amide bonds. The van der Waals surface area contributed by atoms with Gasteiger partial charge in [-0.25, -0.2) is 13.4 Å². The first-order chi connectivity index (χ1) is 9.60. The fraction of sp³-hybridized carbons (Fsp3) is 0.462. The molecule has 2 N–H and O–H groups in total. The summed E-state index contributed by atoms with van der Waals surface area (Å²) in [4.78, 5) is 4.13. The predicted molar refractivity (Wildman–Crippen MR) is 76.8 cm³/mol. The van der Waals surface area contributed by atoms with E-state index in [2.05, 4.69) is 4.98 Å². The Morgan fingerprint density at radius 1 is 1.10 bits per heavy atom. The largest absolute Gasteiger partial charge is 0.381 e. The van der Waals surface area contributed by atoms with Crippen molar-refractivity contribution in [2.75, 3.05) is 18.8 Å². The second-order valence-electron chi connectivity index (χ2n) is 5.05. The average molecular weight is 294 g/mol. The van der Waals surface area contributed by atoms with Gasteiger partial charge in [0, 0.05) is 19.3 Å². The zero-order valence-electron chi connectivity index (χ0n) is 11.2. The highest BCUT2D eigenvalue weighted by Crippen LogP contribution is 2.25. The summed E-state index contributed by atoms with van der Waals surface area (Å²) < 4.78 is 28.7. The van der Waals surface area contributed by atoms with Crippen molar-refractivity contribution < 1.29 is 8.42 Å². The number of fused-ring (bicyclic) bond motifs is 1. The number of anilines is 1. The molecular weight excluding hydrogens is 276 g/mol. The number of hydrogen-bond donors (Lipinski definition) is 1. The Hall–Kier alpha value is -1.60. The van der Waals surface area contributed by atoms with Crippen LogP contribution in [0.3, 0.4) is 0 Å². The molecule has 0 aliphatic carbocycles. The van der Waals surface area contributed by atoms with E-state index in [9.17, 15) is 8.42 Å². The van der Waals surface area contributed by atoms with Crippen molar-refractivity contribution in [1.29, 1.82) is 0 Å². The number of pyridine rings is 1. The molecule has 1 aliphatic rings. The molecule has 3 heterocycles. The number of imidazole rings is 1. The van der Waals surface area contributed by atoms with Crippen molar-refractivity contribution in [2.45, 2.75) is 30.7 Å². The maximum Gasteiger partial charge on any atom is 0.262 e. The molecule has 7 heteroatoms. The highest BCUT2D eigenvalue weighted by molar-refractivity contribution is 7.89. The van der Waals surface area contributed by atoms with Gasteiger partial charge in [0.05, 0.1) is 0 Å². The van der Waals surface area contributed by atoms with Crippen LogP contribution in [0.25, 0.3) is 5.65 Å². The Balaban J connectivity index is 2.11. The molecule has 3 rings (SSSR count). The van der Waals surface area contributed by atoms with Crippen LogP contribution in [0.15, 0.2) is 29.4 Å². The van der Waals surface area contributed by atoms with E-state index in [1.807, 2.05) is 6.07 Å². The second-order valence-corrected chi connectivity index (χ2v) is 6.90. The SMILES string of the molecule is Nc1nc2ccccn2c1S(=O)(=O)N1CCCCCC1. The average Bonchev–Trinajstić information content (AvgIpc) is 2.61. The van der Waals surface area contributed by atoms with Gasteiger partial charge in [0.15, 0.2) is 10.8 Å². The van der Waals surface area contributed by atoms with Gasteiger partial charge in [0.1, 0.15) is 5.65 Å². The van der Waals surface area contributed by atoms with Crippen LogP contribution in [-0.4, -0.2) is 35.2 Å². The monoisotopic (exact) mass is 294 g/mol. The molecule has 6 nitrogen and oxygen atoms in total. The van der Waals surface area contributed by atoms with Crippen LogP contribution < -0.4 is 5.73 Å². The van der Waals surface area contributed by atoms with E-state index in [0.717, 1.165) is 25.7 Å². The van der Waals surface area contributed by atoms with E-state index in [0.29, 0.717) is 18.7 Å². The number of aromatic nitrogens is 2. The van der Waals surface area contributed by atoms with Gasteiger partial charge in [-0.3, -0.25) is 4.40 Å². The maximum atomic E-state index is 12.8. The van der Waals surface area contributed by atoms with Gasteiger partial charge in [0.2, 0.25) is 0 Å². The summed E-state index contributed by atoms with van der Waals surface area (Å²) in [6.45, 7) is 1.11. The van der Waals surface area contributed by atoms with Gasteiger partial charge >= 0.3 is 0 Å². The molecule has 108 valence electrons. The minimum atomic E-state index is -3.59. The first-order valence-electron chi connectivity index (χ1n) is 6.83. The Labute approximate surface area is 118 Å². The molecule has 20 heavy (non-hydrogen) atoms. The number of nitrogens with zero attached hydrogens (tertiary/aromatic N) is 3. The third-order valence-corrected chi connectivity index (χ3v) is 5.60. The molecule has 0 spiro atoms. The van der Waals surface area contributed by atoms with E-state index in [1.54, 1.807) is 22.7 Å². The van der Waals surface area contributed by atoms with Crippen LogP contribution in [0.2, 0.25) is 0 Å². The molecule has 0 unspecified atom stereocenters. The van der Waals surface area contributed by atoms with Crippen molar-refractivity contribution in [3.05, 3.63) is 24.4 Å². The van der Waals surface area contributed by atoms with Gasteiger partial charge in [-0.15, -0.1) is 0 Å². The lowest BCUT2D eigenvalue weighted by atomic mass is 10.2. The summed E-state index contributed by atoms with van der Waals surface area (Å²) in [5, 5.41) is 0.0926. The lowest BCUT2D eigenvalue weighted by molar-refractivity contribution is 0.421. The maximum absolute atomic E-state index is 12.8. The summed E-state index contributed by atoms with van der Waals surface area (Å²) >= 11 is 0. The van der Waals surface area contributed by atoms with Gasteiger partial charge < -0.3 is 5.73 Å². The number of sulfonamides is 1. The van der Waals surface area contributed by atoms with Crippen molar-refractivity contribution >= 4 is 21.5 Å². The standard InChI is InChI=1S/C13H18N4O2S/c14-12-13(17-10-6-3-7-11(17)15-12)20(18,19)16-8-4-1-2-5-9-16/h3,6-7,10H,1-2,4-5,8-9,14H2. The summed E-state index contributed by atoms with van der Waals surface area (Å²) in [5.41, 5.74) is 6.40. The van der Waals surface area contributed by atoms with Gasteiger partial charge in [-0.05, 0) is 25.0 Å². The Kier molecular flexibility index (Phi) is 3.39. The third-order valence-electron chi connectivity index (χ3n) is 3.66. The first-order valence-corrected chi connectivity index (χ1v) is 8.27. The van der Waals surface area contributed by atoms with Crippen LogP contribution in [0.5, 0.6) is 0 Å². The van der Waals surface area contributed by atoms with E-state index in [1.165, 1.54) is 4.31 Å². The van der Waals surface area contributed by atoms with E-state index in [4.69, 9.17) is 5.73 Å². The highest BCUT2D eigenvalue weighted by Gasteiger charge is 2.30. The molecule has 0 radical (unpaired) electrons. The molecular formula is C13H18N4O2S. The van der Waals surface area contributed by atoms with E-state index >= 15 is 0 Å². The van der Waals surface area contributed by atoms with Gasteiger partial charge in [0.25, 0.3) is 10.0 Å². The molecule has 2 aromatic rings. The quantitative estimate of drug-likeness (QED) is 0.909. The molecule has 1 fully saturated rings. The summed E-state index contributed by atoms with van der Waals surface area (Å²) in [6.07, 6.45) is 5.64. The second kappa shape index (κ2) is 5.06. The lowest BCUT2D eigenvalue weighted by Crippen LogP contribution is -2.33. The minimum absolute atomic E-state index is 0.0699. The smallest absolute Gasteiger partial charge is 0.262 e. The predicted octanol–water partition coefficient (Wildman–Crippen LogP) is 1.48. The Morgan fingerprint density at radius 2 is 1.80 bits per heavy atom. The molecule has 0 atom stereocenters. The summed E-state index contributed by atoms with van der Waals surface area (Å²) in [5.74, 6) is 0.0699. The van der Waals surface area contributed by atoms with Crippen LogP contribution in [0.1, 0.15) is 25.7 Å². The van der Waals surface area contributed by atoms with Crippen LogP contribution >= 0.6 is 0 Å². The minimum Gasteiger partial charge on any atom is -0.381 e. The van der Waals surface area contributed by atoms with E-state index in [-0.39, 0.29) is 10.8 Å². The van der Waals surface area contributed by atoms with Crippen molar-refractivity contribution in [3.63, 3.8) is 0 Å². The molecule has 0 saturated carbocycles. The highest BCUT2D eigenvalue weighted by atomic mass is 32.2. The molecule has 1 saturated heterocycles. The van der Waals surface area contributed by atoms with Crippen molar-refractivity contribution in [1.82, 2.24) is 13.7 Å². The molecule has 1 aliphatic heterocycles. The number of nitrogen functional groups attached to an aromatic ring is 1. The molecule has 2 aromatic heterocycles. The van der Waals surface area contributed by atoms with Crippen LogP contribution in [0.4, 0.5) is 5.82 Å². The van der Waals surface area contributed by atoms with E-state index < -0.39 is 10.0 Å². The fourth-order valence-corrected chi connectivity index (χ4v) is 4.35. The zero-order chi connectivity index (χ0) is 14.2.